The number of nitrogens with zero attached hydrogens (tertiary/aromatic N) is 1. The second kappa shape index (κ2) is 9.21. The van der Waals surface area contributed by atoms with Gasteiger partial charge in [-0.05, 0) is 17.2 Å². The van der Waals surface area contributed by atoms with Gasteiger partial charge >= 0.3 is 0 Å². The molecule has 0 spiro atoms. The van der Waals surface area contributed by atoms with Crippen LogP contribution in [0, 0.1) is 5.92 Å². The summed E-state index contributed by atoms with van der Waals surface area (Å²) < 4.78 is 0. The van der Waals surface area contributed by atoms with Crippen molar-refractivity contribution >= 4 is 23.4 Å². The van der Waals surface area contributed by atoms with Gasteiger partial charge in [0, 0.05) is 42.9 Å². The summed E-state index contributed by atoms with van der Waals surface area (Å²) in [6.45, 7) is 4.96. The van der Waals surface area contributed by atoms with Crippen LogP contribution in [0.2, 0.25) is 0 Å². The molecule has 1 amide bonds. The highest BCUT2D eigenvalue weighted by molar-refractivity contribution is 7.99. The van der Waals surface area contributed by atoms with Crippen molar-refractivity contribution in [2.24, 2.45) is 11.7 Å². The average molecular weight is 370 g/mol. The molecule has 1 fully saturated rings. The number of benzene rings is 2. The van der Waals surface area contributed by atoms with Crippen molar-refractivity contribution in [1.29, 1.82) is 0 Å². The first-order valence-corrected chi connectivity index (χ1v) is 10.3. The fraction of sp³-hybridized carbons (Fsp3) is 0.381. The number of para-hydroxylation sites is 1. The molecule has 0 aromatic heterocycles. The summed E-state index contributed by atoms with van der Waals surface area (Å²) in [5, 5.41) is 3.10. The van der Waals surface area contributed by atoms with Gasteiger partial charge < -0.3 is 11.1 Å². The lowest BCUT2D eigenvalue weighted by atomic mass is 9.94. The molecule has 0 aliphatic carbocycles. The van der Waals surface area contributed by atoms with E-state index in [9.17, 15) is 4.79 Å². The number of anilines is 1. The van der Waals surface area contributed by atoms with Crippen LogP contribution < -0.4 is 11.1 Å². The largest absolute Gasteiger partial charge is 0.325 e. The van der Waals surface area contributed by atoms with Gasteiger partial charge in [0.2, 0.25) is 5.91 Å². The van der Waals surface area contributed by atoms with Crippen molar-refractivity contribution in [2.75, 3.05) is 29.9 Å². The summed E-state index contributed by atoms with van der Waals surface area (Å²) in [7, 11) is 0. The molecule has 138 valence electrons. The summed E-state index contributed by atoms with van der Waals surface area (Å²) in [5.74, 6) is 2.01. The summed E-state index contributed by atoms with van der Waals surface area (Å²) in [6, 6.07) is 17.5. The van der Waals surface area contributed by atoms with E-state index in [0.29, 0.717) is 0 Å². The maximum Gasteiger partial charge on any atom is 0.229 e. The molecule has 26 heavy (non-hydrogen) atoms. The number of carbonyl (C=O) groups is 1. The molecular weight excluding hydrogens is 342 g/mol. The van der Waals surface area contributed by atoms with Crippen molar-refractivity contribution in [1.82, 2.24) is 4.90 Å². The van der Waals surface area contributed by atoms with Crippen LogP contribution in [0.5, 0.6) is 0 Å². The monoisotopic (exact) mass is 369 g/mol. The van der Waals surface area contributed by atoms with Gasteiger partial charge in [-0.2, -0.15) is 11.8 Å². The van der Waals surface area contributed by atoms with Crippen LogP contribution in [0.25, 0.3) is 0 Å². The highest BCUT2D eigenvalue weighted by atomic mass is 32.2. The van der Waals surface area contributed by atoms with Gasteiger partial charge in [-0.3, -0.25) is 9.69 Å². The third-order valence-corrected chi connectivity index (χ3v) is 5.85. The van der Waals surface area contributed by atoms with E-state index in [0.717, 1.165) is 36.4 Å². The first kappa shape index (κ1) is 19.0. The summed E-state index contributed by atoms with van der Waals surface area (Å²) in [5.41, 5.74) is 9.34. The van der Waals surface area contributed by atoms with Crippen molar-refractivity contribution in [2.45, 2.75) is 19.5 Å². The molecule has 2 aromatic rings. The predicted octanol–water partition coefficient (Wildman–Crippen LogP) is 3.51. The quantitative estimate of drug-likeness (QED) is 0.818. The van der Waals surface area contributed by atoms with Crippen LogP contribution in [0.1, 0.15) is 24.1 Å². The maximum atomic E-state index is 12.8. The fourth-order valence-corrected chi connectivity index (χ4v) is 4.13. The van der Waals surface area contributed by atoms with Gasteiger partial charge in [0.15, 0.2) is 0 Å². The van der Waals surface area contributed by atoms with E-state index in [1.807, 2.05) is 67.2 Å². The summed E-state index contributed by atoms with van der Waals surface area (Å²) in [4.78, 5) is 15.2. The van der Waals surface area contributed by atoms with E-state index in [2.05, 4.69) is 16.3 Å². The second-order valence-electron chi connectivity index (χ2n) is 6.76. The zero-order chi connectivity index (χ0) is 18.4. The molecule has 1 aliphatic rings. The lowest BCUT2D eigenvalue weighted by Gasteiger charge is -2.27. The third kappa shape index (κ3) is 4.87. The molecule has 1 aliphatic heterocycles. The fourth-order valence-electron chi connectivity index (χ4n) is 3.15. The van der Waals surface area contributed by atoms with E-state index >= 15 is 0 Å². The van der Waals surface area contributed by atoms with E-state index in [1.165, 1.54) is 11.5 Å². The first-order valence-electron chi connectivity index (χ1n) is 9.14. The van der Waals surface area contributed by atoms with Crippen LogP contribution >= 0.6 is 11.8 Å². The second-order valence-corrected chi connectivity index (χ2v) is 7.98. The van der Waals surface area contributed by atoms with Gasteiger partial charge in [-0.25, -0.2) is 0 Å². The van der Waals surface area contributed by atoms with Gasteiger partial charge in [0.1, 0.15) is 0 Å². The molecule has 1 saturated heterocycles. The van der Waals surface area contributed by atoms with Gasteiger partial charge in [-0.15, -0.1) is 0 Å². The zero-order valence-corrected chi connectivity index (χ0v) is 16.0. The number of thioether (sulfide) groups is 1. The molecular formula is C21H27N3OS. The predicted molar refractivity (Wildman–Crippen MR) is 110 cm³/mol. The zero-order valence-electron chi connectivity index (χ0n) is 15.2. The Bertz CT molecular complexity index is 716. The van der Waals surface area contributed by atoms with E-state index < -0.39 is 0 Å². The molecule has 2 aromatic carbocycles. The lowest BCUT2D eigenvalue weighted by molar-refractivity contribution is -0.120. The SMILES string of the molecule is CC(C(=O)Nc1ccccc1CN1CCSCC1)C(N)c1ccccc1. The molecule has 3 N–H and O–H groups in total. The molecule has 2 atom stereocenters. The summed E-state index contributed by atoms with van der Waals surface area (Å²) >= 11 is 2.00. The number of nitrogens with two attached hydrogens (primary N) is 1. The Labute approximate surface area is 160 Å². The lowest BCUT2D eigenvalue weighted by Crippen LogP contribution is -2.33. The van der Waals surface area contributed by atoms with Crippen molar-refractivity contribution in [3.8, 4) is 0 Å². The van der Waals surface area contributed by atoms with E-state index in [4.69, 9.17) is 5.73 Å². The highest BCUT2D eigenvalue weighted by Gasteiger charge is 2.23. The van der Waals surface area contributed by atoms with Gasteiger partial charge in [0.25, 0.3) is 0 Å². The Morgan fingerprint density at radius 3 is 2.50 bits per heavy atom. The Kier molecular flexibility index (Phi) is 6.72. The number of hydrogen-bond acceptors (Lipinski definition) is 4. The van der Waals surface area contributed by atoms with Gasteiger partial charge in [-0.1, -0.05) is 55.5 Å². The normalized spacial score (nSPS) is 17.5. The first-order chi connectivity index (χ1) is 12.6. The topological polar surface area (TPSA) is 58.4 Å². The molecule has 3 rings (SSSR count). The Morgan fingerprint density at radius 2 is 1.77 bits per heavy atom. The molecule has 0 bridgehead atoms. The van der Waals surface area contributed by atoms with Crippen LogP contribution in [0.15, 0.2) is 54.6 Å². The number of carbonyl (C=O) groups excluding carboxylic acids is 1. The van der Waals surface area contributed by atoms with Gasteiger partial charge in [0.05, 0.1) is 5.92 Å². The molecule has 5 heteroatoms. The number of hydrogen-bond donors (Lipinski definition) is 2. The van der Waals surface area contributed by atoms with Crippen molar-refractivity contribution in [3.63, 3.8) is 0 Å². The van der Waals surface area contributed by atoms with Crippen molar-refractivity contribution in [3.05, 3.63) is 65.7 Å². The molecule has 0 radical (unpaired) electrons. The standard InChI is InChI=1S/C21H27N3OS/c1-16(20(22)17-7-3-2-4-8-17)21(25)23-19-10-6-5-9-18(19)15-24-11-13-26-14-12-24/h2-10,16,20H,11-15,22H2,1H3,(H,23,25). The third-order valence-electron chi connectivity index (χ3n) is 4.91. The van der Waals surface area contributed by atoms with Crippen molar-refractivity contribution < 1.29 is 4.79 Å². The molecule has 1 heterocycles. The average Bonchev–Trinajstić information content (AvgIpc) is 2.69. The highest BCUT2D eigenvalue weighted by Crippen LogP contribution is 2.23. The number of rotatable bonds is 6. The van der Waals surface area contributed by atoms with E-state index in [-0.39, 0.29) is 17.9 Å². The number of nitrogens with one attached hydrogen (secondary N) is 1. The minimum Gasteiger partial charge on any atom is -0.325 e. The minimum absolute atomic E-state index is 0.0389. The number of amides is 1. The van der Waals surface area contributed by atoms with Crippen LogP contribution in [0.4, 0.5) is 5.69 Å². The maximum absolute atomic E-state index is 12.8. The Balaban J connectivity index is 1.67. The van der Waals surface area contributed by atoms with Crippen LogP contribution in [-0.2, 0) is 11.3 Å². The smallest absolute Gasteiger partial charge is 0.229 e. The van der Waals surface area contributed by atoms with Crippen LogP contribution in [0.3, 0.4) is 0 Å². The summed E-state index contributed by atoms with van der Waals surface area (Å²) in [6.07, 6.45) is 0. The van der Waals surface area contributed by atoms with Crippen LogP contribution in [-0.4, -0.2) is 35.4 Å². The molecule has 2 unspecified atom stereocenters. The van der Waals surface area contributed by atoms with E-state index in [1.54, 1.807) is 0 Å². The molecule has 4 nitrogen and oxygen atoms in total. The Morgan fingerprint density at radius 1 is 1.12 bits per heavy atom. The molecule has 0 saturated carbocycles. The minimum atomic E-state index is -0.317. The Hall–Kier alpha value is -1.82.